The maximum absolute atomic E-state index is 11.4. The third-order valence-corrected chi connectivity index (χ3v) is 2.83. The van der Waals surface area contributed by atoms with Crippen molar-refractivity contribution in [1.29, 1.82) is 5.26 Å². The molecule has 0 aromatic rings. The van der Waals surface area contributed by atoms with Gasteiger partial charge in [0.05, 0.1) is 19.1 Å². The topological polar surface area (TPSA) is 53.3 Å². The van der Waals surface area contributed by atoms with Crippen LogP contribution in [0.2, 0.25) is 0 Å². The number of rotatable bonds is 7. The van der Waals surface area contributed by atoms with Gasteiger partial charge in [-0.1, -0.05) is 0 Å². The van der Waals surface area contributed by atoms with Crippen LogP contribution in [0.25, 0.3) is 0 Å². The van der Waals surface area contributed by atoms with E-state index in [2.05, 4.69) is 11.0 Å². The Balaban J connectivity index is 2.38. The molecule has 0 bridgehead atoms. The molecule has 0 heterocycles. The van der Waals surface area contributed by atoms with Crippen LogP contribution in [0.15, 0.2) is 0 Å². The summed E-state index contributed by atoms with van der Waals surface area (Å²) in [5.41, 5.74) is 0. The molecule has 1 aliphatic carbocycles. The fraction of sp³-hybridized carbons (Fsp3) is 0.833. The Labute approximate surface area is 97.2 Å². The zero-order chi connectivity index (χ0) is 12.0. The van der Waals surface area contributed by atoms with Crippen molar-refractivity contribution in [3.63, 3.8) is 0 Å². The highest BCUT2D eigenvalue weighted by Crippen LogP contribution is 2.29. The summed E-state index contributed by atoms with van der Waals surface area (Å²) in [6, 6.07) is 2.92. The van der Waals surface area contributed by atoms with E-state index in [0.29, 0.717) is 25.5 Å². The molecule has 0 aliphatic heterocycles. The summed E-state index contributed by atoms with van der Waals surface area (Å²) >= 11 is 0. The van der Waals surface area contributed by atoms with Crippen molar-refractivity contribution in [2.45, 2.75) is 51.6 Å². The van der Waals surface area contributed by atoms with Gasteiger partial charge < -0.3 is 4.74 Å². The first kappa shape index (κ1) is 13.0. The Morgan fingerprint density at radius 3 is 2.81 bits per heavy atom. The van der Waals surface area contributed by atoms with Crippen LogP contribution in [0.4, 0.5) is 0 Å². The van der Waals surface area contributed by atoms with Gasteiger partial charge in [0.25, 0.3) is 0 Å². The number of carbonyl (C=O) groups is 1. The molecule has 90 valence electrons. The molecule has 1 rings (SSSR count). The molecule has 0 aromatic carbocycles. The van der Waals surface area contributed by atoms with Crippen LogP contribution in [0.5, 0.6) is 0 Å². The van der Waals surface area contributed by atoms with Gasteiger partial charge in [-0.15, -0.1) is 0 Å². The van der Waals surface area contributed by atoms with Gasteiger partial charge in [-0.2, -0.15) is 5.26 Å². The van der Waals surface area contributed by atoms with Crippen LogP contribution < -0.4 is 0 Å². The quantitative estimate of drug-likeness (QED) is 0.618. The minimum absolute atomic E-state index is 0.141. The molecule has 1 fully saturated rings. The first-order chi connectivity index (χ1) is 7.69. The Morgan fingerprint density at radius 1 is 1.62 bits per heavy atom. The molecule has 1 saturated carbocycles. The highest BCUT2D eigenvalue weighted by molar-refractivity contribution is 5.70. The third-order valence-electron chi connectivity index (χ3n) is 2.83. The predicted octanol–water partition coefficient (Wildman–Crippen LogP) is 1.71. The van der Waals surface area contributed by atoms with Crippen LogP contribution >= 0.6 is 0 Å². The van der Waals surface area contributed by atoms with Crippen molar-refractivity contribution < 1.29 is 9.53 Å². The normalized spacial score (nSPS) is 16.9. The molecule has 4 heteroatoms. The summed E-state index contributed by atoms with van der Waals surface area (Å²) in [6.45, 7) is 5.05. The number of hydrogen-bond donors (Lipinski definition) is 0. The SMILES string of the molecule is CCOC(=O)CC(C)N(CCC#N)C1CC1. The van der Waals surface area contributed by atoms with Gasteiger partial charge in [0.1, 0.15) is 0 Å². The summed E-state index contributed by atoms with van der Waals surface area (Å²) in [6.07, 6.45) is 3.34. The minimum atomic E-state index is -0.141. The largest absolute Gasteiger partial charge is 0.466 e. The molecule has 1 aliphatic rings. The maximum atomic E-state index is 11.4. The van der Waals surface area contributed by atoms with Gasteiger partial charge in [-0.3, -0.25) is 9.69 Å². The third kappa shape index (κ3) is 4.19. The van der Waals surface area contributed by atoms with E-state index in [0.717, 1.165) is 6.54 Å². The van der Waals surface area contributed by atoms with Crippen molar-refractivity contribution in [1.82, 2.24) is 4.90 Å². The van der Waals surface area contributed by atoms with Crippen molar-refractivity contribution >= 4 is 5.97 Å². The number of nitrogens with zero attached hydrogens (tertiary/aromatic N) is 2. The van der Waals surface area contributed by atoms with Gasteiger partial charge in [-0.25, -0.2) is 0 Å². The van der Waals surface area contributed by atoms with Gasteiger partial charge >= 0.3 is 5.97 Å². The monoisotopic (exact) mass is 224 g/mol. The fourth-order valence-corrected chi connectivity index (χ4v) is 1.93. The number of esters is 1. The first-order valence-corrected chi connectivity index (χ1v) is 5.97. The highest BCUT2D eigenvalue weighted by atomic mass is 16.5. The highest BCUT2D eigenvalue weighted by Gasteiger charge is 2.32. The van der Waals surface area contributed by atoms with Gasteiger partial charge in [0.2, 0.25) is 0 Å². The second-order valence-electron chi connectivity index (χ2n) is 4.24. The molecule has 0 radical (unpaired) electrons. The fourth-order valence-electron chi connectivity index (χ4n) is 1.93. The molecule has 1 atom stereocenters. The molecule has 0 amide bonds. The molecule has 0 aromatic heterocycles. The molecule has 4 nitrogen and oxygen atoms in total. The number of hydrogen-bond acceptors (Lipinski definition) is 4. The summed E-state index contributed by atoms with van der Waals surface area (Å²) in [5, 5.41) is 8.60. The maximum Gasteiger partial charge on any atom is 0.307 e. The van der Waals surface area contributed by atoms with E-state index < -0.39 is 0 Å². The lowest BCUT2D eigenvalue weighted by molar-refractivity contribution is -0.144. The second-order valence-corrected chi connectivity index (χ2v) is 4.24. The Bertz CT molecular complexity index is 269. The predicted molar refractivity (Wildman–Crippen MR) is 60.7 cm³/mol. The van der Waals surface area contributed by atoms with Crippen LogP contribution in [0, 0.1) is 11.3 Å². The summed E-state index contributed by atoms with van der Waals surface area (Å²) in [5.74, 6) is -0.141. The average Bonchev–Trinajstić information content (AvgIpc) is 3.02. The van der Waals surface area contributed by atoms with E-state index in [1.807, 2.05) is 13.8 Å². The first-order valence-electron chi connectivity index (χ1n) is 5.97. The smallest absolute Gasteiger partial charge is 0.307 e. The molecule has 0 spiro atoms. The van der Waals surface area contributed by atoms with Gasteiger partial charge in [-0.05, 0) is 26.7 Å². The molecular formula is C12H20N2O2. The Hall–Kier alpha value is -1.08. The van der Waals surface area contributed by atoms with Crippen LogP contribution in [0.3, 0.4) is 0 Å². The van der Waals surface area contributed by atoms with E-state index in [1.54, 1.807) is 0 Å². The van der Waals surface area contributed by atoms with Crippen molar-refractivity contribution in [3.05, 3.63) is 0 Å². The van der Waals surface area contributed by atoms with Gasteiger partial charge in [0, 0.05) is 25.0 Å². The summed E-state index contributed by atoms with van der Waals surface area (Å²) < 4.78 is 4.94. The minimum Gasteiger partial charge on any atom is -0.466 e. The lowest BCUT2D eigenvalue weighted by Crippen LogP contribution is -2.37. The molecular weight excluding hydrogens is 204 g/mol. The summed E-state index contributed by atoms with van der Waals surface area (Å²) in [4.78, 5) is 13.6. The van der Waals surface area contributed by atoms with Gasteiger partial charge in [0.15, 0.2) is 0 Å². The second kappa shape index (κ2) is 6.49. The zero-order valence-corrected chi connectivity index (χ0v) is 10.1. The van der Waals surface area contributed by atoms with Crippen molar-refractivity contribution in [2.75, 3.05) is 13.2 Å². The van der Waals surface area contributed by atoms with Crippen molar-refractivity contribution in [2.24, 2.45) is 0 Å². The van der Waals surface area contributed by atoms with E-state index in [-0.39, 0.29) is 12.0 Å². The Morgan fingerprint density at radius 2 is 2.31 bits per heavy atom. The van der Waals surface area contributed by atoms with E-state index in [4.69, 9.17) is 10.00 Å². The zero-order valence-electron chi connectivity index (χ0n) is 10.1. The Kier molecular flexibility index (Phi) is 5.27. The summed E-state index contributed by atoms with van der Waals surface area (Å²) in [7, 11) is 0. The lowest BCUT2D eigenvalue weighted by atomic mass is 10.2. The molecule has 1 unspecified atom stereocenters. The molecule has 16 heavy (non-hydrogen) atoms. The lowest BCUT2D eigenvalue weighted by Gasteiger charge is -2.27. The van der Waals surface area contributed by atoms with Crippen LogP contribution in [-0.2, 0) is 9.53 Å². The number of nitriles is 1. The van der Waals surface area contributed by atoms with Crippen LogP contribution in [0.1, 0.15) is 39.5 Å². The van der Waals surface area contributed by atoms with E-state index >= 15 is 0 Å². The van der Waals surface area contributed by atoms with E-state index in [1.165, 1.54) is 12.8 Å². The average molecular weight is 224 g/mol. The standard InChI is InChI=1S/C12H20N2O2/c1-3-16-12(15)9-10(2)14(8-4-7-13)11-5-6-11/h10-11H,3-6,8-9H2,1-2H3. The molecule has 0 N–H and O–H groups in total. The number of carbonyl (C=O) groups excluding carboxylic acids is 1. The van der Waals surface area contributed by atoms with Crippen molar-refractivity contribution in [3.8, 4) is 6.07 Å². The number of ether oxygens (including phenoxy) is 1. The molecule has 0 saturated heterocycles. The van der Waals surface area contributed by atoms with E-state index in [9.17, 15) is 4.79 Å². The van der Waals surface area contributed by atoms with Crippen LogP contribution in [-0.4, -0.2) is 36.1 Å².